The number of pyridine rings is 1. The summed E-state index contributed by atoms with van der Waals surface area (Å²) in [5, 5.41) is 4.88. The topological polar surface area (TPSA) is 143 Å². The standard InChI is InChI=1S/C23H18N6O5/c30-18-6-5-17(21(32)26-18)29-12-14-10-13(3-4-16(14)22(29)33)20(31)28-23-25-9-7-19(27-23)34-15-2-1-8-24-11-15/h1-4,7-11,17H,5-6,12H2,(H,26,30,32)(H,25,27,28,31). The summed E-state index contributed by atoms with van der Waals surface area (Å²) in [4.78, 5) is 62.8. The molecule has 34 heavy (non-hydrogen) atoms. The molecule has 1 saturated heterocycles. The van der Waals surface area contributed by atoms with Crippen molar-refractivity contribution in [1.82, 2.24) is 25.2 Å². The van der Waals surface area contributed by atoms with Gasteiger partial charge in [-0.15, -0.1) is 0 Å². The zero-order chi connectivity index (χ0) is 23.7. The van der Waals surface area contributed by atoms with E-state index in [9.17, 15) is 19.2 Å². The van der Waals surface area contributed by atoms with Crippen LogP contribution >= 0.6 is 0 Å². The lowest BCUT2D eigenvalue weighted by Gasteiger charge is -2.29. The molecule has 170 valence electrons. The molecule has 5 rings (SSSR count). The minimum atomic E-state index is -0.717. The highest BCUT2D eigenvalue weighted by Gasteiger charge is 2.39. The van der Waals surface area contributed by atoms with Crippen LogP contribution in [0.4, 0.5) is 5.95 Å². The Hall–Kier alpha value is -4.67. The van der Waals surface area contributed by atoms with Gasteiger partial charge >= 0.3 is 0 Å². The van der Waals surface area contributed by atoms with Crippen molar-refractivity contribution in [3.05, 3.63) is 71.7 Å². The molecule has 1 aromatic carbocycles. The molecule has 0 bridgehead atoms. The second kappa shape index (κ2) is 8.70. The fourth-order valence-electron chi connectivity index (χ4n) is 3.88. The van der Waals surface area contributed by atoms with Gasteiger partial charge in [-0.2, -0.15) is 4.98 Å². The van der Waals surface area contributed by atoms with E-state index in [1.165, 1.54) is 23.4 Å². The number of hydrogen-bond acceptors (Lipinski definition) is 8. The zero-order valence-electron chi connectivity index (χ0n) is 17.7. The maximum atomic E-state index is 12.8. The summed E-state index contributed by atoms with van der Waals surface area (Å²) in [6.45, 7) is 0.173. The van der Waals surface area contributed by atoms with Crippen molar-refractivity contribution >= 4 is 29.6 Å². The van der Waals surface area contributed by atoms with Crippen molar-refractivity contribution in [3.63, 3.8) is 0 Å². The summed E-state index contributed by atoms with van der Waals surface area (Å²) in [5.41, 5.74) is 1.35. The Balaban J connectivity index is 1.29. The number of aromatic nitrogens is 3. The summed E-state index contributed by atoms with van der Waals surface area (Å²) in [6.07, 6.45) is 5.05. The Morgan fingerprint density at radius 1 is 1.15 bits per heavy atom. The number of anilines is 1. The first kappa shape index (κ1) is 21.2. The maximum Gasteiger partial charge on any atom is 0.258 e. The highest BCUT2D eigenvalue weighted by molar-refractivity contribution is 6.07. The minimum Gasteiger partial charge on any atom is -0.437 e. The molecular weight excluding hydrogens is 440 g/mol. The summed E-state index contributed by atoms with van der Waals surface area (Å²) in [5.74, 6) is -0.830. The molecule has 1 unspecified atom stereocenters. The van der Waals surface area contributed by atoms with Crippen molar-refractivity contribution in [2.24, 2.45) is 0 Å². The quantitative estimate of drug-likeness (QED) is 0.550. The first-order valence-corrected chi connectivity index (χ1v) is 10.5. The molecule has 1 fully saturated rings. The van der Waals surface area contributed by atoms with Crippen molar-refractivity contribution in [3.8, 4) is 11.6 Å². The highest BCUT2D eigenvalue weighted by Crippen LogP contribution is 2.28. The monoisotopic (exact) mass is 458 g/mol. The molecule has 3 aromatic rings. The molecule has 2 aliphatic heterocycles. The highest BCUT2D eigenvalue weighted by atomic mass is 16.5. The molecule has 2 aliphatic rings. The van der Waals surface area contributed by atoms with E-state index in [2.05, 4.69) is 25.6 Å². The van der Waals surface area contributed by atoms with Crippen molar-refractivity contribution in [2.75, 3.05) is 5.32 Å². The number of benzene rings is 1. The number of nitrogens with zero attached hydrogens (tertiary/aromatic N) is 4. The third kappa shape index (κ3) is 4.18. The van der Waals surface area contributed by atoms with E-state index < -0.39 is 17.9 Å². The predicted molar refractivity (Wildman–Crippen MR) is 117 cm³/mol. The van der Waals surface area contributed by atoms with Crippen LogP contribution < -0.4 is 15.4 Å². The van der Waals surface area contributed by atoms with Crippen LogP contribution in [0.5, 0.6) is 11.6 Å². The first-order chi connectivity index (χ1) is 16.5. The van der Waals surface area contributed by atoms with E-state index in [-0.39, 0.29) is 43.0 Å². The van der Waals surface area contributed by atoms with Gasteiger partial charge < -0.3 is 9.64 Å². The summed E-state index contributed by atoms with van der Waals surface area (Å²) >= 11 is 0. The molecule has 2 aromatic heterocycles. The zero-order valence-corrected chi connectivity index (χ0v) is 17.7. The summed E-state index contributed by atoms with van der Waals surface area (Å²) in [6, 6.07) is 8.96. The van der Waals surface area contributed by atoms with Gasteiger partial charge in [-0.25, -0.2) is 4.98 Å². The first-order valence-electron chi connectivity index (χ1n) is 10.5. The van der Waals surface area contributed by atoms with E-state index in [0.717, 1.165) is 0 Å². The third-order valence-electron chi connectivity index (χ3n) is 5.50. The molecule has 2 N–H and O–H groups in total. The molecule has 1 atom stereocenters. The minimum absolute atomic E-state index is 0.0492. The number of hydrogen-bond donors (Lipinski definition) is 2. The van der Waals surface area contributed by atoms with Crippen LogP contribution in [0.25, 0.3) is 0 Å². The average molecular weight is 458 g/mol. The van der Waals surface area contributed by atoms with Gasteiger partial charge in [0.1, 0.15) is 11.8 Å². The fourth-order valence-corrected chi connectivity index (χ4v) is 3.88. The lowest BCUT2D eigenvalue weighted by atomic mass is 10.0. The maximum absolute atomic E-state index is 12.8. The van der Waals surface area contributed by atoms with Gasteiger partial charge in [-0.1, -0.05) is 0 Å². The van der Waals surface area contributed by atoms with E-state index in [4.69, 9.17) is 4.74 Å². The number of carbonyl (C=O) groups excluding carboxylic acids is 4. The van der Waals surface area contributed by atoms with Crippen molar-refractivity contribution in [1.29, 1.82) is 0 Å². The van der Waals surface area contributed by atoms with Crippen LogP contribution in [0.1, 0.15) is 39.1 Å². The molecule has 11 nitrogen and oxygen atoms in total. The third-order valence-corrected chi connectivity index (χ3v) is 5.50. The van der Waals surface area contributed by atoms with Gasteiger partial charge in [0.15, 0.2) is 0 Å². The molecule has 11 heteroatoms. The predicted octanol–water partition coefficient (Wildman–Crippen LogP) is 1.68. The number of nitrogens with one attached hydrogen (secondary N) is 2. The van der Waals surface area contributed by atoms with Crippen LogP contribution in [0.15, 0.2) is 55.0 Å². The number of piperidine rings is 1. The summed E-state index contributed by atoms with van der Waals surface area (Å²) in [7, 11) is 0. The van der Waals surface area contributed by atoms with E-state index >= 15 is 0 Å². The average Bonchev–Trinajstić information content (AvgIpc) is 3.15. The van der Waals surface area contributed by atoms with E-state index in [1.807, 2.05) is 0 Å². The molecule has 0 spiro atoms. The molecule has 0 aliphatic carbocycles. The number of carbonyl (C=O) groups is 4. The van der Waals surface area contributed by atoms with Gasteiger partial charge in [0.2, 0.25) is 23.6 Å². The number of amides is 4. The van der Waals surface area contributed by atoms with Gasteiger partial charge in [0, 0.05) is 42.6 Å². The molecule has 0 saturated carbocycles. The Morgan fingerprint density at radius 2 is 2.03 bits per heavy atom. The Kier molecular flexibility index (Phi) is 5.42. The van der Waals surface area contributed by atoms with Gasteiger partial charge in [0.25, 0.3) is 11.8 Å². The molecule has 0 radical (unpaired) electrons. The van der Waals surface area contributed by atoms with Gasteiger partial charge in [0.05, 0.1) is 6.20 Å². The van der Waals surface area contributed by atoms with Gasteiger partial charge in [-0.3, -0.25) is 34.8 Å². The molecule has 4 heterocycles. The number of fused-ring (bicyclic) bond motifs is 1. The van der Waals surface area contributed by atoms with Crippen LogP contribution in [-0.2, 0) is 16.1 Å². The van der Waals surface area contributed by atoms with Crippen LogP contribution in [0, 0.1) is 0 Å². The second-order valence-corrected chi connectivity index (χ2v) is 7.74. The largest absolute Gasteiger partial charge is 0.437 e. The lowest BCUT2D eigenvalue weighted by Crippen LogP contribution is -2.52. The van der Waals surface area contributed by atoms with Crippen molar-refractivity contribution in [2.45, 2.75) is 25.4 Å². The van der Waals surface area contributed by atoms with Crippen molar-refractivity contribution < 1.29 is 23.9 Å². The number of rotatable bonds is 5. The fraction of sp³-hybridized carbons (Fsp3) is 0.174. The smallest absolute Gasteiger partial charge is 0.258 e. The van der Waals surface area contributed by atoms with Crippen LogP contribution in [0.2, 0.25) is 0 Å². The lowest BCUT2D eigenvalue weighted by molar-refractivity contribution is -0.136. The Morgan fingerprint density at radius 3 is 2.82 bits per heavy atom. The van der Waals surface area contributed by atoms with E-state index in [1.54, 1.807) is 36.5 Å². The van der Waals surface area contributed by atoms with Crippen LogP contribution in [-0.4, -0.2) is 49.5 Å². The number of ether oxygens (including phenoxy) is 1. The SMILES string of the molecule is O=C1CCC(N2Cc3cc(C(=O)Nc4nccc(Oc5cccnc5)n4)ccc3C2=O)C(=O)N1. The molecule has 4 amide bonds. The normalized spacial score (nSPS) is 17.2. The van der Waals surface area contributed by atoms with Crippen LogP contribution in [0.3, 0.4) is 0 Å². The van der Waals surface area contributed by atoms with Gasteiger partial charge in [-0.05, 0) is 42.3 Å². The second-order valence-electron chi connectivity index (χ2n) is 7.74. The summed E-state index contributed by atoms with van der Waals surface area (Å²) < 4.78 is 5.60. The molecular formula is C23H18N6O5. The number of imide groups is 1. The Labute approximate surface area is 193 Å². The van der Waals surface area contributed by atoms with E-state index in [0.29, 0.717) is 22.4 Å². The Bertz CT molecular complexity index is 1310.